The minimum atomic E-state index is -0.122. The van der Waals surface area contributed by atoms with Gasteiger partial charge < -0.3 is 9.88 Å². The Morgan fingerprint density at radius 3 is 2.79 bits per heavy atom. The van der Waals surface area contributed by atoms with Gasteiger partial charge >= 0.3 is 0 Å². The quantitative estimate of drug-likeness (QED) is 0.369. The van der Waals surface area contributed by atoms with E-state index in [1.54, 1.807) is 22.7 Å². The molecule has 0 bridgehead atoms. The number of hydrogen-bond acceptors (Lipinski definition) is 7. The Kier molecular flexibility index (Phi) is 7.51. The van der Waals surface area contributed by atoms with Crippen LogP contribution >= 0.6 is 34.4 Å². The first-order valence-corrected chi connectivity index (χ1v) is 14.4. The molecule has 6 nitrogen and oxygen atoms in total. The molecule has 0 saturated carbocycles. The third kappa shape index (κ3) is 5.09. The lowest BCUT2D eigenvalue weighted by molar-refractivity contribution is -0.113. The fourth-order valence-corrected chi connectivity index (χ4v) is 7.31. The van der Waals surface area contributed by atoms with Crippen LogP contribution < -0.4 is 5.32 Å². The van der Waals surface area contributed by atoms with E-state index < -0.39 is 0 Å². The van der Waals surface area contributed by atoms with Gasteiger partial charge in [-0.25, -0.2) is 0 Å². The third-order valence-corrected chi connectivity index (χ3v) is 9.70. The summed E-state index contributed by atoms with van der Waals surface area (Å²) >= 11 is 4.69. The molecule has 1 unspecified atom stereocenters. The Labute approximate surface area is 213 Å². The number of nitriles is 1. The van der Waals surface area contributed by atoms with Crippen molar-refractivity contribution in [2.24, 2.45) is 11.3 Å². The summed E-state index contributed by atoms with van der Waals surface area (Å²) in [5.41, 5.74) is 3.09. The van der Waals surface area contributed by atoms with Crippen LogP contribution in [0.25, 0.3) is 11.4 Å². The van der Waals surface area contributed by atoms with Crippen LogP contribution in [0.1, 0.15) is 61.9 Å². The molecule has 1 N–H and O–H groups in total. The predicted octanol–water partition coefficient (Wildman–Crippen LogP) is 6.40. The number of rotatable bonds is 7. The highest BCUT2D eigenvalue weighted by atomic mass is 32.2. The lowest BCUT2D eigenvalue weighted by atomic mass is 9.72. The third-order valence-electron chi connectivity index (χ3n) is 6.48. The van der Waals surface area contributed by atoms with Crippen LogP contribution in [0.5, 0.6) is 0 Å². The number of carbonyl (C=O) groups is 1. The number of fused-ring (bicyclic) bond motifs is 1. The molecule has 0 aliphatic heterocycles. The van der Waals surface area contributed by atoms with Crippen LogP contribution in [0.4, 0.5) is 5.00 Å². The van der Waals surface area contributed by atoms with E-state index in [1.165, 1.54) is 21.5 Å². The van der Waals surface area contributed by atoms with E-state index >= 15 is 0 Å². The zero-order valence-corrected chi connectivity index (χ0v) is 22.8. The van der Waals surface area contributed by atoms with Crippen molar-refractivity contribution < 1.29 is 4.79 Å². The molecule has 0 saturated heterocycles. The van der Waals surface area contributed by atoms with Crippen molar-refractivity contribution in [2.45, 2.75) is 72.0 Å². The van der Waals surface area contributed by atoms with E-state index in [-0.39, 0.29) is 17.1 Å². The second-order valence-corrected chi connectivity index (χ2v) is 12.7. The van der Waals surface area contributed by atoms with Gasteiger partial charge in [0.2, 0.25) is 5.91 Å². The van der Waals surface area contributed by atoms with Gasteiger partial charge in [-0.1, -0.05) is 39.5 Å². The maximum absolute atomic E-state index is 12.8. The number of aromatic nitrogens is 3. The number of carbonyl (C=O) groups excluding carboxylic acids is 1. The van der Waals surface area contributed by atoms with Gasteiger partial charge in [0, 0.05) is 27.2 Å². The van der Waals surface area contributed by atoms with Crippen molar-refractivity contribution in [3.05, 3.63) is 32.3 Å². The summed E-state index contributed by atoms with van der Waals surface area (Å²) in [6.07, 6.45) is 3.98. The highest BCUT2D eigenvalue weighted by Gasteiger charge is 2.32. The standard InChI is InChI=1S/C25H31N5OS3/c1-6-17-10-15(13-32-17)22-28-29-24(30(22)7-2)33-14-21(31)27-23-19(12-26)18-9-8-16(25(3,4)5)11-20(18)34-23/h10,13,16H,6-9,11,14H2,1-5H3,(H,27,31). The predicted molar refractivity (Wildman–Crippen MR) is 142 cm³/mol. The number of hydrogen-bond donors (Lipinski definition) is 1. The molecule has 1 atom stereocenters. The van der Waals surface area contributed by atoms with Gasteiger partial charge in [-0.2, -0.15) is 5.26 Å². The summed E-state index contributed by atoms with van der Waals surface area (Å²) in [5.74, 6) is 1.53. The van der Waals surface area contributed by atoms with E-state index in [2.05, 4.69) is 72.2 Å². The Morgan fingerprint density at radius 2 is 2.15 bits per heavy atom. The molecule has 3 heterocycles. The van der Waals surface area contributed by atoms with Crippen molar-refractivity contribution in [1.82, 2.24) is 14.8 Å². The van der Waals surface area contributed by atoms with E-state index in [1.807, 2.05) is 0 Å². The second-order valence-electron chi connectivity index (χ2n) is 9.67. The topological polar surface area (TPSA) is 83.6 Å². The van der Waals surface area contributed by atoms with E-state index in [0.29, 0.717) is 16.5 Å². The highest BCUT2D eigenvalue weighted by molar-refractivity contribution is 7.99. The van der Waals surface area contributed by atoms with E-state index in [0.717, 1.165) is 54.3 Å². The summed E-state index contributed by atoms with van der Waals surface area (Å²) in [6, 6.07) is 4.51. The van der Waals surface area contributed by atoms with Gasteiger partial charge in [0.15, 0.2) is 11.0 Å². The van der Waals surface area contributed by atoms with Crippen LogP contribution in [0, 0.1) is 22.7 Å². The molecule has 4 rings (SSSR count). The van der Waals surface area contributed by atoms with Crippen molar-refractivity contribution in [1.29, 1.82) is 5.26 Å². The van der Waals surface area contributed by atoms with Gasteiger partial charge in [-0.15, -0.1) is 32.9 Å². The van der Waals surface area contributed by atoms with Crippen LogP contribution in [0.15, 0.2) is 16.6 Å². The second kappa shape index (κ2) is 10.2. The first-order valence-electron chi connectivity index (χ1n) is 11.7. The summed E-state index contributed by atoms with van der Waals surface area (Å²) in [4.78, 5) is 15.4. The Morgan fingerprint density at radius 1 is 1.35 bits per heavy atom. The zero-order chi connectivity index (χ0) is 24.5. The van der Waals surface area contributed by atoms with Crippen LogP contribution in [0.3, 0.4) is 0 Å². The lowest BCUT2D eigenvalue weighted by Gasteiger charge is -2.33. The minimum absolute atomic E-state index is 0.122. The molecular formula is C25H31N5OS3. The van der Waals surface area contributed by atoms with Gasteiger partial charge in [-0.3, -0.25) is 4.79 Å². The molecular weight excluding hydrogens is 483 g/mol. The largest absolute Gasteiger partial charge is 0.316 e. The molecule has 3 aromatic heterocycles. The monoisotopic (exact) mass is 513 g/mol. The first-order chi connectivity index (χ1) is 16.2. The number of thioether (sulfide) groups is 1. The maximum Gasteiger partial charge on any atom is 0.235 e. The smallest absolute Gasteiger partial charge is 0.235 e. The molecule has 1 aliphatic carbocycles. The summed E-state index contributed by atoms with van der Waals surface area (Å²) in [7, 11) is 0. The average Bonchev–Trinajstić information content (AvgIpc) is 3.52. The summed E-state index contributed by atoms with van der Waals surface area (Å²) < 4.78 is 2.05. The Hall–Kier alpha value is -2.15. The molecule has 1 amide bonds. The molecule has 0 fully saturated rings. The van der Waals surface area contributed by atoms with Gasteiger partial charge in [-0.05, 0) is 55.6 Å². The Bertz CT molecular complexity index is 1220. The lowest BCUT2D eigenvalue weighted by Crippen LogP contribution is -2.26. The van der Waals surface area contributed by atoms with Crippen LogP contribution in [0.2, 0.25) is 0 Å². The molecule has 0 radical (unpaired) electrons. The molecule has 3 aromatic rings. The van der Waals surface area contributed by atoms with Crippen molar-refractivity contribution in [3.8, 4) is 17.5 Å². The summed E-state index contributed by atoms with van der Waals surface area (Å²) in [5, 5.41) is 25.1. The zero-order valence-electron chi connectivity index (χ0n) is 20.4. The number of anilines is 1. The normalized spacial score (nSPS) is 15.7. The minimum Gasteiger partial charge on any atom is -0.316 e. The number of thiophene rings is 2. The molecule has 0 aromatic carbocycles. The Balaban J connectivity index is 1.44. The molecule has 34 heavy (non-hydrogen) atoms. The number of nitrogens with one attached hydrogen (secondary N) is 1. The summed E-state index contributed by atoms with van der Waals surface area (Å²) in [6.45, 7) is 11.8. The van der Waals surface area contributed by atoms with Gasteiger partial charge in [0.25, 0.3) is 0 Å². The number of amides is 1. The molecule has 1 aliphatic rings. The number of nitrogens with zero attached hydrogens (tertiary/aromatic N) is 4. The fraction of sp³-hybridized carbons (Fsp3) is 0.520. The van der Waals surface area contributed by atoms with E-state index in [4.69, 9.17) is 0 Å². The van der Waals surface area contributed by atoms with Crippen molar-refractivity contribution >= 4 is 45.3 Å². The van der Waals surface area contributed by atoms with Gasteiger partial charge in [0.05, 0.1) is 11.3 Å². The SMILES string of the molecule is CCc1cc(-c2nnc(SCC(=O)Nc3sc4c(c3C#N)CCC(C(C)(C)C)C4)n2CC)cs1. The number of aryl methyl sites for hydroxylation is 1. The molecule has 0 spiro atoms. The van der Waals surface area contributed by atoms with Crippen molar-refractivity contribution in [3.63, 3.8) is 0 Å². The van der Waals surface area contributed by atoms with Crippen LogP contribution in [-0.4, -0.2) is 26.4 Å². The molecule has 9 heteroatoms. The fourth-order valence-electron chi connectivity index (χ4n) is 4.40. The first kappa shape index (κ1) is 25.0. The van der Waals surface area contributed by atoms with E-state index in [9.17, 15) is 10.1 Å². The van der Waals surface area contributed by atoms with Crippen LogP contribution in [-0.2, 0) is 30.6 Å². The highest BCUT2D eigenvalue weighted by Crippen LogP contribution is 2.44. The average molecular weight is 514 g/mol. The van der Waals surface area contributed by atoms with Gasteiger partial charge in [0.1, 0.15) is 11.1 Å². The van der Waals surface area contributed by atoms with Crippen molar-refractivity contribution in [2.75, 3.05) is 11.1 Å². The maximum atomic E-state index is 12.8. The molecule has 180 valence electrons.